The molecule has 8 heteroatoms. The van der Waals surface area contributed by atoms with Gasteiger partial charge < -0.3 is 10.5 Å². The summed E-state index contributed by atoms with van der Waals surface area (Å²) in [6, 6.07) is 3.56. The van der Waals surface area contributed by atoms with Gasteiger partial charge in [-0.05, 0) is 18.2 Å². The molecule has 1 aliphatic heterocycles. The molecule has 1 aromatic rings. The molecule has 2 atom stereocenters. The van der Waals surface area contributed by atoms with E-state index in [-0.39, 0.29) is 17.3 Å². The molecule has 0 spiro atoms. The smallest absolute Gasteiger partial charge is 0.416 e. The average Bonchev–Trinajstić information content (AvgIpc) is 2.51. The summed E-state index contributed by atoms with van der Waals surface area (Å²) in [5.41, 5.74) is 4.75. The van der Waals surface area contributed by atoms with Gasteiger partial charge in [0.15, 0.2) is 9.84 Å². The van der Waals surface area contributed by atoms with E-state index in [1.807, 2.05) is 0 Å². The highest BCUT2D eigenvalue weighted by Crippen LogP contribution is 2.32. The molecular formula is C11H12F3NO3S. The van der Waals surface area contributed by atoms with Gasteiger partial charge in [-0.1, -0.05) is 6.07 Å². The van der Waals surface area contributed by atoms with E-state index < -0.39 is 33.7 Å². The van der Waals surface area contributed by atoms with Gasteiger partial charge in [0.2, 0.25) is 0 Å². The van der Waals surface area contributed by atoms with E-state index in [1.165, 1.54) is 12.1 Å². The SMILES string of the molecule is NC1CS(=O)(=O)CC1Oc1cccc(C(F)(F)F)c1. The number of ether oxygens (including phenoxy) is 1. The van der Waals surface area contributed by atoms with Crippen molar-refractivity contribution in [3.63, 3.8) is 0 Å². The summed E-state index contributed by atoms with van der Waals surface area (Å²) in [5, 5.41) is 0. The number of sulfone groups is 1. The van der Waals surface area contributed by atoms with Gasteiger partial charge in [-0.25, -0.2) is 8.42 Å². The first kappa shape index (κ1) is 14.1. The Balaban J connectivity index is 2.16. The van der Waals surface area contributed by atoms with Crippen molar-refractivity contribution < 1.29 is 26.3 Å². The van der Waals surface area contributed by atoms with Crippen LogP contribution in [0.1, 0.15) is 5.56 Å². The third-order valence-corrected chi connectivity index (χ3v) is 4.52. The van der Waals surface area contributed by atoms with Crippen LogP contribution in [0.25, 0.3) is 0 Å². The number of hydrogen-bond donors (Lipinski definition) is 1. The second-order valence-electron chi connectivity index (χ2n) is 4.42. The van der Waals surface area contributed by atoms with Crippen LogP contribution in [0.3, 0.4) is 0 Å². The maximum atomic E-state index is 12.5. The molecule has 1 aliphatic rings. The highest BCUT2D eigenvalue weighted by atomic mass is 32.2. The van der Waals surface area contributed by atoms with Gasteiger partial charge in [0.1, 0.15) is 11.9 Å². The van der Waals surface area contributed by atoms with Gasteiger partial charge in [0.05, 0.1) is 23.1 Å². The molecule has 2 N–H and O–H groups in total. The number of hydrogen-bond acceptors (Lipinski definition) is 4. The minimum atomic E-state index is -4.47. The first-order valence-corrected chi connectivity index (χ1v) is 7.29. The van der Waals surface area contributed by atoms with Crippen molar-refractivity contribution in [1.29, 1.82) is 0 Å². The summed E-state index contributed by atoms with van der Waals surface area (Å²) in [6.07, 6.45) is -5.28. The molecule has 2 rings (SSSR count). The second kappa shape index (κ2) is 4.68. The van der Waals surface area contributed by atoms with E-state index in [4.69, 9.17) is 10.5 Å². The third kappa shape index (κ3) is 3.38. The monoisotopic (exact) mass is 295 g/mol. The quantitative estimate of drug-likeness (QED) is 0.890. The van der Waals surface area contributed by atoms with Crippen LogP contribution in [0.4, 0.5) is 13.2 Å². The van der Waals surface area contributed by atoms with Gasteiger partial charge >= 0.3 is 6.18 Å². The molecule has 1 heterocycles. The van der Waals surface area contributed by atoms with Crippen molar-refractivity contribution in [2.24, 2.45) is 5.73 Å². The molecule has 2 unspecified atom stereocenters. The lowest BCUT2D eigenvalue weighted by molar-refractivity contribution is -0.137. The minimum Gasteiger partial charge on any atom is -0.488 e. The Kier molecular flexibility index (Phi) is 3.48. The van der Waals surface area contributed by atoms with E-state index in [9.17, 15) is 21.6 Å². The van der Waals surface area contributed by atoms with Gasteiger partial charge in [-0.3, -0.25) is 0 Å². The van der Waals surface area contributed by atoms with E-state index in [2.05, 4.69) is 0 Å². The Hall–Kier alpha value is -1.28. The van der Waals surface area contributed by atoms with Gasteiger partial charge in [-0.2, -0.15) is 13.2 Å². The van der Waals surface area contributed by atoms with Crippen molar-refractivity contribution in [2.75, 3.05) is 11.5 Å². The van der Waals surface area contributed by atoms with Crippen LogP contribution < -0.4 is 10.5 Å². The van der Waals surface area contributed by atoms with Crippen molar-refractivity contribution in [1.82, 2.24) is 0 Å². The molecule has 106 valence electrons. The summed E-state index contributed by atoms with van der Waals surface area (Å²) in [4.78, 5) is 0. The molecule has 19 heavy (non-hydrogen) atoms. The molecular weight excluding hydrogens is 283 g/mol. The zero-order valence-corrected chi connectivity index (χ0v) is 10.5. The largest absolute Gasteiger partial charge is 0.488 e. The van der Waals surface area contributed by atoms with Crippen molar-refractivity contribution in [3.05, 3.63) is 29.8 Å². The summed E-state index contributed by atoms with van der Waals surface area (Å²) in [5.74, 6) is -0.520. The molecule has 0 saturated carbocycles. The lowest BCUT2D eigenvalue weighted by atomic mass is 10.2. The van der Waals surface area contributed by atoms with Crippen LogP contribution in [0.2, 0.25) is 0 Å². The standard InChI is InChI=1S/C11H12F3NO3S/c12-11(13,14)7-2-1-3-8(4-7)18-10-6-19(16,17)5-9(10)15/h1-4,9-10H,5-6,15H2. The van der Waals surface area contributed by atoms with Crippen molar-refractivity contribution in [2.45, 2.75) is 18.3 Å². The first-order valence-electron chi connectivity index (χ1n) is 5.47. The molecule has 1 fully saturated rings. The van der Waals surface area contributed by atoms with Crippen LogP contribution in [0, 0.1) is 0 Å². The molecule has 1 aromatic carbocycles. The topological polar surface area (TPSA) is 69.4 Å². The lowest BCUT2D eigenvalue weighted by Crippen LogP contribution is -2.37. The zero-order valence-electron chi connectivity index (χ0n) is 9.72. The summed E-state index contributed by atoms with van der Waals surface area (Å²) >= 11 is 0. The molecule has 0 aromatic heterocycles. The highest BCUT2D eigenvalue weighted by Gasteiger charge is 2.37. The Labute approximate surface area is 108 Å². The number of benzene rings is 1. The van der Waals surface area contributed by atoms with Crippen molar-refractivity contribution >= 4 is 9.84 Å². The predicted molar refractivity (Wildman–Crippen MR) is 62.5 cm³/mol. The second-order valence-corrected chi connectivity index (χ2v) is 6.58. The fourth-order valence-corrected chi connectivity index (χ4v) is 3.64. The van der Waals surface area contributed by atoms with E-state index in [0.29, 0.717) is 0 Å². The molecule has 0 radical (unpaired) electrons. The van der Waals surface area contributed by atoms with Crippen LogP contribution in [0.5, 0.6) is 5.75 Å². The third-order valence-electron chi connectivity index (χ3n) is 2.79. The normalized spacial score (nSPS) is 26.3. The van der Waals surface area contributed by atoms with Crippen molar-refractivity contribution in [3.8, 4) is 5.75 Å². The summed E-state index contributed by atoms with van der Waals surface area (Å²) < 4.78 is 65.4. The van der Waals surface area contributed by atoms with E-state index in [1.54, 1.807) is 0 Å². The van der Waals surface area contributed by atoms with E-state index >= 15 is 0 Å². The number of halogens is 3. The fourth-order valence-electron chi connectivity index (χ4n) is 1.88. The lowest BCUT2D eigenvalue weighted by Gasteiger charge is -2.17. The summed E-state index contributed by atoms with van der Waals surface area (Å²) in [7, 11) is -3.28. The Morgan fingerprint density at radius 3 is 2.47 bits per heavy atom. The van der Waals surface area contributed by atoms with Crippen LogP contribution in [-0.4, -0.2) is 32.1 Å². The molecule has 0 bridgehead atoms. The maximum Gasteiger partial charge on any atom is 0.416 e. The highest BCUT2D eigenvalue weighted by molar-refractivity contribution is 7.91. The number of nitrogens with two attached hydrogens (primary N) is 1. The zero-order chi connectivity index (χ0) is 14.3. The van der Waals surface area contributed by atoms with Gasteiger partial charge in [-0.15, -0.1) is 0 Å². The number of rotatable bonds is 2. The van der Waals surface area contributed by atoms with E-state index in [0.717, 1.165) is 12.1 Å². The fraction of sp³-hybridized carbons (Fsp3) is 0.455. The van der Waals surface area contributed by atoms with Crippen LogP contribution in [-0.2, 0) is 16.0 Å². The first-order chi connectivity index (χ1) is 8.67. The Bertz CT molecular complexity index is 571. The molecule has 1 saturated heterocycles. The Morgan fingerprint density at radius 1 is 1.26 bits per heavy atom. The minimum absolute atomic E-state index is 0.0348. The molecule has 4 nitrogen and oxygen atoms in total. The van der Waals surface area contributed by atoms with Gasteiger partial charge in [0, 0.05) is 0 Å². The molecule has 0 amide bonds. The summed E-state index contributed by atoms with van der Waals surface area (Å²) in [6.45, 7) is 0. The average molecular weight is 295 g/mol. The predicted octanol–water partition coefficient (Wildman–Crippen LogP) is 1.21. The van der Waals surface area contributed by atoms with Gasteiger partial charge in [0.25, 0.3) is 0 Å². The number of alkyl halides is 3. The Morgan fingerprint density at radius 2 is 1.95 bits per heavy atom. The maximum absolute atomic E-state index is 12.5. The van der Waals surface area contributed by atoms with Crippen LogP contribution in [0.15, 0.2) is 24.3 Å². The molecule has 0 aliphatic carbocycles. The van der Waals surface area contributed by atoms with Crippen LogP contribution >= 0.6 is 0 Å².